The summed E-state index contributed by atoms with van der Waals surface area (Å²) in [4.78, 5) is 2.59. The second-order valence-corrected chi connectivity index (χ2v) is 6.23. The van der Waals surface area contributed by atoms with Crippen LogP contribution in [-0.4, -0.2) is 47.8 Å². The predicted molar refractivity (Wildman–Crippen MR) is 71.1 cm³/mol. The fourth-order valence-corrected chi connectivity index (χ4v) is 2.32. The van der Waals surface area contributed by atoms with E-state index in [0.717, 1.165) is 18.5 Å². The van der Waals surface area contributed by atoms with Gasteiger partial charge in [0.1, 0.15) is 0 Å². The molecule has 0 radical (unpaired) electrons. The van der Waals surface area contributed by atoms with Crippen LogP contribution >= 0.6 is 0 Å². The van der Waals surface area contributed by atoms with Crippen molar-refractivity contribution in [3.05, 3.63) is 0 Å². The van der Waals surface area contributed by atoms with Gasteiger partial charge in [-0.2, -0.15) is 0 Å². The van der Waals surface area contributed by atoms with Crippen molar-refractivity contribution >= 4 is 0 Å². The zero-order valence-corrected chi connectivity index (χ0v) is 11.4. The molecule has 2 aliphatic carbocycles. The van der Waals surface area contributed by atoms with Crippen LogP contribution in [0.4, 0.5) is 0 Å². The maximum Gasteiger partial charge on any atom is 0.0597 e. The van der Waals surface area contributed by atoms with Crippen LogP contribution in [0, 0.1) is 5.92 Å². The van der Waals surface area contributed by atoms with Crippen LogP contribution in [0.1, 0.15) is 46.0 Å². The molecule has 100 valence electrons. The van der Waals surface area contributed by atoms with Crippen LogP contribution in [0.5, 0.6) is 0 Å². The van der Waals surface area contributed by atoms with Gasteiger partial charge in [0.25, 0.3) is 0 Å². The van der Waals surface area contributed by atoms with Crippen molar-refractivity contribution in [2.45, 2.75) is 64.1 Å². The molecule has 0 saturated heterocycles. The zero-order chi connectivity index (χ0) is 12.3. The van der Waals surface area contributed by atoms with E-state index in [1.54, 1.807) is 0 Å². The SMILES string of the molecule is CC(C)CCN(CC(CO)NC1CC1)C1CC1. The quantitative estimate of drug-likeness (QED) is 0.643. The van der Waals surface area contributed by atoms with Crippen molar-refractivity contribution in [2.24, 2.45) is 5.92 Å². The van der Waals surface area contributed by atoms with Gasteiger partial charge >= 0.3 is 0 Å². The van der Waals surface area contributed by atoms with Crippen molar-refractivity contribution in [2.75, 3.05) is 19.7 Å². The van der Waals surface area contributed by atoms with E-state index in [1.165, 1.54) is 38.6 Å². The third-order valence-electron chi connectivity index (χ3n) is 3.78. The van der Waals surface area contributed by atoms with E-state index in [-0.39, 0.29) is 12.6 Å². The van der Waals surface area contributed by atoms with Crippen LogP contribution in [0.3, 0.4) is 0 Å². The minimum atomic E-state index is 0.279. The fourth-order valence-electron chi connectivity index (χ4n) is 2.32. The molecule has 0 aromatic rings. The summed E-state index contributed by atoms with van der Waals surface area (Å²) < 4.78 is 0. The maximum atomic E-state index is 9.44. The van der Waals surface area contributed by atoms with Crippen LogP contribution in [0.15, 0.2) is 0 Å². The molecule has 3 heteroatoms. The number of nitrogens with one attached hydrogen (secondary N) is 1. The normalized spacial score (nSPS) is 22.4. The van der Waals surface area contributed by atoms with E-state index >= 15 is 0 Å². The summed E-state index contributed by atoms with van der Waals surface area (Å²) in [6.45, 7) is 7.09. The Labute approximate surface area is 106 Å². The standard InChI is InChI=1S/C14H28N2O/c1-11(2)7-8-16(14-5-6-14)9-13(10-17)15-12-3-4-12/h11-15,17H,3-10H2,1-2H3. The molecule has 17 heavy (non-hydrogen) atoms. The smallest absolute Gasteiger partial charge is 0.0597 e. The number of hydrogen-bond donors (Lipinski definition) is 2. The highest BCUT2D eigenvalue weighted by Crippen LogP contribution is 2.28. The molecule has 2 fully saturated rings. The molecular formula is C14H28N2O. The van der Waals surface area contributed by atoms with Gasteiger partial charge < -0.3 is 10.4 Å². The van der Waals surface area contributed by atoms with Gasteiger partial charge in [-0.1, -0.05) is 13.8 Å². The predicted octanol–water partition coefficient (Wildman–Crippen LogP) is 1.61. The second-order valence-electron chi connectivity index (χ2n) is 6.23. The monoisotopic (exact) mass is 240 g/mol. The largest absolute Gasteiger partial charge is 0.395 e. The molecule has 0 amide bonds. The van der Waals surface area contributed by atoms with Crippen molar-refractivity contribution in [3.8, 4) is 0 Å². The summed E-state index contributed by atoms with van der Waals surface area (Å²) in [5.41, 5.74) is 0. The number of nitrogens with zero attached hydrogens (tertiary/aromatic N) is 1. The molecule has 3 nitrogen and oxygen atoms in total. The molecule has 0 bridgehead atoms. The Bertz CT molecular complexity index is 224. The molecule has 2 saturated carbocycles. The van der Waals surface area contributed by atoms with E-state index in [4.69, 9.17) is 0 Å². The number of rotatable bonds is 9. The average Bonchev–Trinajstić information content (AvgIpc) is 3.14. The van der Waals surface area contributed by atoms with Crippen molar-refractivity contribution < 1.29 is 5.11 Å². The Morgan fingerprint density at radius 1 is 1.24 bits per heavy atom. The van der Waals surface area contributed by atoms with E-state index < -0.39 is 0 Å². The van der Waals surface area contributed by atoms with Gasteiger partial charge in [0, 0.05) is 24.7 Å². The molecule has 1 unspecified atom stereocenters. The highest BCUT2D eigenvalue weighted by Gasteiger charge is 2.31. The molecule has 2 N–H and O–H groups in total. The lowest BCUT2D eigenvalue weighted by Gasteiger charge is -2.28. The van der Waals surface area contributed by atoms with Gasteiger partial charge in [-0.25, -0.2) is 0 Å². The van der Waals surface area contributed by atoms with Crippen LogP contribution < -0.4 is 5.32 Å². The van der Waals surface area contributed by atoms with Crippen LogP contribution in [-0.2, 0) is 0 Å². The first-order chi connectivity index (χ1) is 8.19. The Hall–Kier alpha value is -0.120. The Morgan fingerprint density at radius 2 is 1.94 bits per heavy atom. The molecule has 0 aromatic carbocycles. The highest BCUT2D eigenvalue weighted by atomic mass is 16.3. The van der Waals surface area contributed by atoms with Gasteiger partial charge in [0.15, 0.2) is 0 Å². The first-order valence-electron chi connectivity index (χ1n) is 7.30. The molecule has 0 aliphatic heterocycles. The third-order valence-corrected chi connectivity index (χ3v) is 3.78. The second kappa shape index (κ2) is 6.17. The molecule has 2 aliphatic rings. The average molecular weight is 240 g/mol. The minimum Gasteiger partial charge on any atom is -0.395 e. The third kappa shape index (κ3) is 4.94. The van der Waals surface area contributed by atoms with Gasteiger partial charge in [0.2, 0.25) is 0 Å². The van der Waals surface area contributed by atoms with Gasteiger partial charge in [0.05, 0.1) is 6.61 Å². The number of aliphatic hydroxyl groups excluding tert-OH is 1. The van der Waals surface area contributed by atoms with Crippen molar-refractivity contribution in [1.29, 1.82) is 0 Å². The molecular weight excluding hydrogens is 212 g/mol. The highest BCUT2D eigenvalue weighted by molar-refractivity contribution is 4.90. The van der Waals surface area contributed by atoms with Crippen molar-refractivity contribution in [3.63, 3.8) is 0 Å². The lowest BCUT2D eigenvalue weighted by molar-refractivity contribution is 0.169. The summed E-state index contributed by atoms with van der Waals surface area (Å²) >= 11 is 0. The summed E-state index contributed by atoms with van der Waals surface area (Å²) in [7, 11) is 0. The maximum absolute atomic E-state index is 9.44. The van der Waals surface area contributed by atoms with Gasteiger partial charge in [-0.15, -0.1) is 0 Å². The topological polar surface area (TPSA) is 35.5 Å². The van der Waals surface area contributed by atoms with E-state index in [9.17, 15) is 5.11 Å². The molecule has 2 rings (SSSR count). The van der Waals surface area contributed by atoms with Gasteiger partial charge in [-0.05, 0) is 44.6 Å². The lowest BCUT2D eigenvalue weighted by atomic mass is 10.1. The van der Waals surface area contributed by atoms with Crippen molar-refractivity contribution in [1.82, 2.24) is 10.2 Å². The summed E-state index contributed by atoms with van der Waals surface area (Å²) in [5.74, 6) is 0.778. The molecule has 0 heterocycles. The first-order valence-corrected chi connectivity index (χ1v) is 7.30. The molecule has 1 atom stereocenters. The Balaban J connectivity index is 1.73. The summed E-state index contributed by atoms with van der Waals surface area (Å²) in [5, 5.41) is 13.0. The fraction of sp³-hybridized carbons (Fsp3) is 1.00. The Kier molecular flexibility index (Phi) is 4.83. The minimum absolute atomic E-state index is 0.279. The van der Waals surface area contributed by atoms with E-state index in [1.807, 2.05) is 0 Å². The molecule has 0 aromatic heterocycles. The number of hydrogen-bond acceptors (Lipinski definition) is 3. The number of aliphatic hydroxyl groups is 1. The zero-order valence-electron chi connectivity index (χ0n) is 11.4. The van der Waals surface area contributed by atoms with Crippen LogP contribution in [0.2, 0.25) is 0 Å². The van der Waals surface area contributed by atoms with E-state index in [2.05, 4.69) is 24.1 Å². The first kappa shape index (κ1) is 13.3. The van der Waals surface area contributed by atoms with Crippen LogP contribution in [0.25, 0.3) is 0 Å². The summed E-state index contributed by atoms with van der Waals surface area (Å²) in [6, 6.07) is 1.79. The Morgan fingerprint density at radius 3 is 2.41 bits per heavy atom. The molecule has 0 spiro atoms. The van der Waals surface area contributed by atoms with E-state index in [0.29, 0.717) is 6.04 Å². The van der Waals surface area contributed by atoms with Gasteiger partial charge in [-0.3, -0.25) is 4.90 Å². The lowest BCUT2D eigenvalue weighted by Crippen LogP contribution is -2.45. The summed E-state index contributed by atoms with van der Waals surface area (Å²) in [6.07, 6.45) is 6.59.